The molecule has 1 aromatic heterocycles. The smallest absolute Gasteiger partial charge is 0.366 e. The SMILES string of the molecule is NC(=O)c1ccccc1S(=O)(=O)Cc1ccn(-c2ccc(C(F)(F)F)cc2)n1. The van der Waals surface area contributed by atoms with Gasteiger partial charge in [0.15, 0.2) is 9.84 Å². The van der Waals surface area contributed by atoms with E-state index in [1.165, 1.54) is 53.3 Å². The fourth-order valence-corrected chi connectivity index (χ4v) is 4.09. The summed E-state index contributed by atoms with van der Waals surface area (Å²) in [4.78, 5) is 11.3. The van der Waals surface area contributed by atoms with E-state index in [9.17, 15) is 26.4 Å². The highest BCUT2D eigenvalue weighted by atomic mass is 32.2. The van der Waals surface area contributed by atoms with Crippen LogP contribution >= 0.6 is 0 Å². The molecule has 0 aliphatic rings. The molecule has 1 amide bonds. The molecule has 0 unspecified atom stereocenters. The molecule has 1 heterocycles. The molecule has 0 atom stereocenters. The van der Waals surface area contributed by atoms with Gasteiger partial charge in [-0.2, -0.15) is 18.3 Å². The highest BCUT2D eigenvalue weighted by molar-refractivity contribution is 7.90. The normalized spacial score (nSPS) is 12.1. The molecule has 6 nitrogen and oxygen atoms in total. The van der Waals surface area contributed by atoms with Crippen LogP contribution in [0.1, 0.15) is 21.6 Å². The number of rotatable bonds is 5. The molecule has 0 spiro atoms. The van der Waals surface area contributed by atoms with Crippen LogP contribution in [0.3, 0.4) is 0 Å². The lowest BCUT2D eigenvalue weighted by molar-refractivity contribution is -0.137. The second-order valence-corrected chi connectivity index (χ2v) is 7.87. The van der Waals surface area contributed by atoms with E-state index in [4.69, 9.17) is 5.73 Å². The Labute approximate surface area is 158 Å². The first kappa shape index (κ1) is 19.6. The number of hydrogen-bond acceptors (Lipinski definition) is 4. The number of nitrogens with zero attached hydrogens (tertiary/aromatic N) is 2. The van der Waals surface area contributed by atoms with Gasteiger partial charge in [0.25, 0.3) is 0 Å². The molecule has 0 saturated carbocycles. The summed E-state index contributed by atoms with van der Waals surface area (Å²) in [7, 11) is -3.91. The van der Waals surface area contributed by atoms with Crippen LogP contribution in [0.2, 0.25) is 0 Å². The van der Waals surface area contributed by atoms with Gasteiger partial charge in [-0.3, -0.25) is 4.79 Å². The summed E-state index contributed by atoms with van der Waals surface area (Å²) in [6.45, 7) is 0. The molecule has 0 fully saturated rings. The number of aromatic nitrogens is 2. The minimum Gasteiger partial charge on any atom is -0.366 e. The summed E-state index contributed by atoms with van der Waals surface area (Å²) in [6, 6.07) is 11.3. The molecule has 2 N–H and O–H groups in total. The summed E-state index contributed by atoms with van der Waals surface area (Å²) >= 11 is 0. The summed E-state index contributed by atoms with van der Waals surface area (Å²) in [6.07, 6.45) is -3.01. The first-order valence-electron chi connectivity index (χ1n) is 7.92. The highest BCUT2D eigenvalue weighted by Crippen LogP contribution is 2.29. The molecule has 0 aliphatic heterocycles. The Bertz CT molecular complexity index is 1120. The number of benzene rings is 2. The van der Waals surface area contributed by atoms with E-state index < -0.39 is 33.2 Å². The topological polar surface area (TPSA) is 95.0 Å². The maximum atomic E-state index is 12.6. The van der Waals surface area contributed by atoms with Crippen LogP contribution in [0.15, 0.2) is 65.7 Å². The van der Waals surface area contributed by atoms with E-state index in [-0.39, 0.29) is 16.2 Å². The van der Waals surface area contributed by atoms with E-state index in [0.29, 0.717) is 5.69 Å². The van der Waals surface area contributed by atoms with Gasteiger partial charge in [-0.05, 0) is 42.5 Å². The van der Waals surface area contributed by atoms with Crippen molar-refractivity contribution >= 4 is 15.7 Å². The number of nitrogens with two attached hydrogens (primary N) is 1. The zero-order valence-electron chi connectivity index (χ0n) is 14.2. The summed E-state index contributed by atoms with van der Waals surface area (Å²) < 4.78 is 64.5. The number of primary amides is 1. The highest BCUT2D eigenvalue weighted by Gasteiger charge is 2.30. The van der Waals surface area contributed by atoms with Crippen molar-refractivity contribution in [3.8, 4) is 5.69 Å². The molecule has 3 aromatic rings. The fraction of sp³-hybridized carbons (Fsp3) is 0.111. The van der Waals surface area contributed by atoms with Crippen LogP contribution in [0.4, 0.5) is 13.2 Å². The van der Waals surface area contributed by atoms with E-state index in [0.717, 1.165) is 12.1 Å². The number of hydrogen-bond donors (Lipinski definition) is 1. The van der Waals surface area contributed by atoms with Crippen molar-refractivity contribution in [3.63, 3.8) is 0 Å². The Kier molecular flexibility index (Phi) is 4.99. The van der Waals surface area contributed by atoms with Crippen LogP contribution in [-0.2, 0) is 21.8 Å². The minimum atomic E-state index is -4.45. The van der Waals surface area contributed by atoms with Crippen molar-refractivity contribution in [2.24, 2.45) is 5.73 Å². The summed E-state index contributed by atoms with van der Waals surface area (Å²) in [5.74, 6) is -1.36. The van der Waals surface area contributed by atoms with Crippen LogP contribution in [0.25, 0.3) is 5.69 Å². The second-order valence-electron chi connectivity index (χ2n) is 5.92. The Balaban J connectivity index is 1.86. The van der Waals surface area contributed by atoms with Crippen LogP contribution < -0.4 is 5.73 Å². The first-order chi connectivity index (χ1) is 13.1. The van der Waals surface area contributed by atoms with Crippen LogP contribution in [-0.4, -0.2) is 24.1 Å². The van der Waals surface area contributed by atoms with E-state index in [2.05, 4.69) is 5.10 Å². The van der Waals surface area contributed by atoms with Crippen molar-refractivity contribution in [1.29, 1.82) is 0 Å². The van der Waals surface area contributed by atoms with Crippen molar-refractivity contribution < 1.29 is 26.4 Å². The number of halogens is 3. The minimum absolute atomic E-state index is 0.121. The Morgan fingerprint density at radius 3 is 2.29 bits per heavy atom. The van der Waals surface area contributed by atoms with Gasteiger partial charge in [0.2, 0.25) is 5.91 Å². The Morgan fingerprint density at radius 2 is 1.68 bits per heavy atom. The predicted octanol–water partition coefficient (Wildman–Crippen LogP) is 2.96. The van der Waals surface area contributed by atoms with Gasteiger partial charge in [0, 0.05) is 6.20 Å². The Hall–Kier alpha value is -3.14. The van der Waals surface area contributed by atoms with Crippen molar-refractivity contribution in [2.45, 2.75) is 16.8 Å². The number of carbonyl (C=O) groups is 1. The third kappa shape index (κ3) is 4.06. The van der Waals surface area contributed by atoms with E-state index in [1.54, 1.807) is 0 Å². The molecule has 3 rings (SSSR count). The average Bonchev–Trinajstić information content (AvgIpc) is 3.09. The molecule has 0 bridgehead atoms. The van der Waals surface area contributed by atoms with Gasteiger partial charge < -0.3 is 5.73 Å². The number of alkyl halides is 3. The first-order valence-corrected chi connectivity index (χ1v) is 9.57. The van der Waals surface area contributed by atoms with Gasteiger partial charge in [0.1, 0.15) is 0 Å². The molecule has 0 radical (unpaired) electrons. The van der Waals surface area contributed by atoms with Crippen LogP contribution in [0, 0.1) is 0 Å². The predicted molar refractivity (Wildman–Crippen MR) is 94.4 cm³/mol. The molecule has 10 heteroatoms. The monoisotopic (exact) mass is 409 g/mol. The summed E-state index contributed by atoms with van der Waals surface area (Å²) in [5.41, 5.74) is 4.81. The Morgan fingerprint density at radius 1 is 1.04 bits per heavy atom. The lowest BCUT2D eigenvalue weighted by Gasteiger charge is -2.08. The largest absolute Gasteiger partial charge is 0.416 e. The number of sulfone groups is 1. The molecule has 28 heavy (non-hydrogen) atoms. The molecular formula is C18H14F3N3O3S. The molecular weight excluding hydrogens is 395 g/mol. The maximum absolute atomic E-state index is 12.6. The second kappa shape index (κ2) is 7.12. The lowest BCUT2D eigenvalue weighted by Crippen LogP contribution is -2.17. The molecule has 2 aromatic carbocycles. The van der Waals surface area contributed by atoms with Gasteiger partial charge in [-0.15, -0.1) is 0 Å². The number of amides is 1. The third-order valence-electron chi connectivity index (χ3n) is 3.93. The number of carbonyl (C=O) groups excluding carboxylic acids is 1. The maximum Gasteiger partial charge on any atom is 0.416 e. The zero-order valence-corrected chi connectivity index (χ0v) is 15.0. The van der Waals surface area contributed by atoms with Crippen molar-refractivity contribution in [2.75, 3.05) is 0 Å². The van der Waals surface area contributed by atoms with Crippen molar-refractivity contribution in [1.82, 2.24) is 9.78 Å². The lowest BCUT2D eigenvalue weighted by atomic mass is 10.2. The molecule has 0 aliphatic carbocycles. The van der Waals surface area contributed by atoms with Gasteiger partial charge >= 0.3 is 6.18 Å². The zero-order chi connectivity index (χ0) is 20.5. The van der Waals surface area contributed by atoms with Gasteiger partial charge in [0.05, 0.1) is 33.2 Å². The standard InChI is InChI=1S/C18H14F3N3O3S/c19-18(20,21)12-5-7-14(8-6-12)24-10-9-13(23-24)11-28(26,27)16-4-2-1-3-15(16)17(22)25/h1-10H,11H2,(H2,22,25). The van der Waals surface area contributed by atoms with Crippen LogP contribution in [0.5, 0.6) is 0 Å². The fourth-order valence-electron chi connectivity index (χ4n) is 2.60. The quantitative estimate of drug-likeness (QED) is 0.701. The van der Waals surface area contributed by atoms with Crippen molar-refractivity contribution in [3.05, 3.63) is 77.6 Å². The molecule has 146 valence electrons. The van der Waals surface area contributed by atoms with Gasteiger partial charge in [-0.25, -0.2) is 13.1 Å². The summed E-state index contributed by atoms with van der Waals surface area (Å²) in [5, 5.41) is 4.10. The third-order valence-corrected chi connectivity index (χ3v) is 5.63. The van der Waals surface area contributed by atoms with E-state index >= 15 is 0 Å². The molecule has 0 saturated heterocycles. The van der Waals surface area contributed by atoms with Gasteiger partial charge in [-0.1, -0.05) is 12.1 Å². The van der Waals surface area contributed by atoms with E-state index in [1.807, 2.05) is 0 Å². The average molecular weight is 409 g/mol.